The second-order valence-corrected chi connectivity index (χ2v) is 5.18. The minimum Gasteiger partial charge on any atom is -0.338 e. The van der Waals surface area contributed by atoms with Gasteiger partial charge in [0.2, 0.25) is 5.91 Å². The second kappa shape index (κ2) is 6.80. The van der Waals surface area contributed by atoms with Crippen LogP contribution in [0.4, 0.5) is 0 Å². The molecular weight excluding hydrogens is 212 g/mol. The molecular formula is C14H26N2O. The minimum absolute atomic E-state index is 0.240. The van der Waals surface area contributed by atoms with Crippen molar-refractivity contribution in [2.75, 3.05) is 26.2 Å². The van der Waals surface area contributed by atoms with Gasteiger partial charge in [-0.15, -0.1) is 0 Å². The Morgan fingerprint density at radius 2 is 2.18 bits per heavy atom. The Morgan fingerprint density at radius 3 is 2.71 bits per heavy atom. The number of hydrogen-bond donors (Lipinski definition) is 0. The van der Waals surface area contributed by atoms with Gasteiger partial charge in [-0.3, -0.25) is 9.69 Å². The molecule has 0 aromatic rings. The van der Waals surface area contributed by atoms with Gasteiger partial charge in [-0.1, -0.05) is 18.6 Å². The Balaban J connectivity index is 2.47. The topological polar surface area (TPSA) is 23.6 Å². The Bertz CT molecular complexity index is 275. The van der Waals surface area contributed by atoms with Gasteiger partial charge in [0.25, 0.3) is 0 Å². The lowest BCUT2D eigenvalue weighted by Crippen LogP contribution is -2.46. The summed E-state index contributed by atoms with van der Waals surface area (Å²) in [6, 6.07) is 0.552. The summed E-state index contributed by atoms with van der Waals surface area (Å²) in [6.45, 7) is 13.2. The van der Waals surface area contributed by atoms with E-state index in [2.05, 4.69) is 18.4 Å². The van der Waals surface area contributed by atoms with Crippen molar-refractivity contribution in [1.82, 2.24) is 9.80 Å². The average molecular weight is 238 g/mol. The SMILES string of the molecule is C=C(C)CN(CC)C(=O)CN1CCCCC1C. The molecule has 1 rings (SSSR count). The van der Waals surface area contributed by atoms with Crippen molar-refractivity contribution in [3.8, 4) is 0 Å². The summed E-state index contributed by atoms with van der Waals surface area (Å²) in [5.74, 6) is 0.240. The van der Waals surface area contributed by atoms with Crippen LogP contribution in [0.5, 0.6) is 0 Å². The largest absolute Gasteiger partial charge is 0.338 e. The lowest BCUT2D eigenvalue weighted by Gasteiger charge is -2.34. The third-order valence-corrected chi connectivity index (χ3v) is 3.47. The first-order valence-corrected chi connectivity index (χ1v) is 6.70. The number of piperidine rings is 1. The van der Waals surface area contributed by atoms with E-state index in [0.717, 1.165) is 18.7 Å². The van der Waals surface area contributed by atoms with Crippen LogP contribution in [0.1, 0.15) is 40.0 Å². The van der Waals surface area contributed by atoms with E-state index in [-0.39, 0.29) is 5.91 Å². The fraction of sp³-hybridized carbons (Fsp3) is 0.786. The molecule has 0 radical (unpaired) electrons. The van der Waals surface area contributed by atoms with Gasteiger partial charge in [0.15, 0.2) is 0 Å². The Hall–Kier alpha value is -0.830. The predicted molar refractivity (Wildman–Crippen MR) is 72.0 cm³/mol. The van der Waals surface area contributed by atoms with Crippen LogP contribution in [0.2, 0.25) is 0 Å². The highest BCUT2D eigenvalue weighted by atomic mass is 16.2. The molecule has 0 bridgehead atoms. The number of hydrogen-bond acceptors (Lipinski definition) is 2. The molecule has 0 aromatic heterocycles. The molecule has 1 amide bonds. The van der Waals surface area contributed by atoms with Crippen LogP contribution in [0.25, 0.3) is 0 Å². The maximum absolute atomic E-state index is 12.2. The molecule has 17 heavy (non-hydrogen) atoms. The summed E-state index contributed by atoms with van der Waals surface area (Å²) in [5, 5.41) is 0. The van der Waals surface area contributed by atoms with E-state index in [9.17, 15) is 4.79 Å². The molecule has 98 valence electrons. The van der Waals surface area contributed by atoms with Gasteiger partial charge in [-0.05, 0) is 40.2 Å². The molecule has 0 N–H and O–H groups in total. The van der Waals surface area contributed by atoms with Gasteiger partial charge in [-0.25, -0.2) is 0 Å². The molecule has 1 unspecified atom stereocenters. The van der Waals surface area contributed by atoms with Crippen LogP contribution in [0.3, 0.4) is 0 Å². The Kier molecular flexibility index (Phi) is 5.69. The smallest absolute Gasteiger partial charge is 0.237 e. The molecule has 0 spiro atoms. The highest BCUT2D eigenvalue weighted by Gasteiger charge is 2.22. The van der Waals surface area contributed by atoms with Crippen LogP contribution < -0.4 is 0 Å². The van der Waals surface area contributed by atoms with Crippen molar-refractivity contribution >= 4 is 5.91 Å². The lowest BCUT2D eigenvalue weighted by atomic mass is 10.0. The van der Waals surface area contributed by atoms with Gasteiger partial charge in [0, 0.05) is 19.1 Å². The first-order valence-electron chi connectivity index (χ1n) is 6.70. The second-order valence-electron chi connectivity index (χ2n) is 5.18. The molecule has 3 nitrogen and oxygen atoms in total. The van der Waals surface area contributed by atoms with Crippen molar-refractivity contribution in [3.05, 3.63) is 12.2 Å². The average Bonchev–Trinajstić information content (AvgIpc) is 2.28. The number of likely N-dealkylation sites (tertiary alicyclic amines) is 1. The number of amides is 1. The van der Waals surface area contributed by atoms with Crippen molar-refractivity contribution < 1.29 is 4.79 Å². The van der Waals surface area contributed by atoms with Crippen molar-refractivity contribution in [3.63, 3.8) is 0 Å². The normalized spacial score (nSPS) is 21.2. The zero-order valence-corrected chi connectivity index (χ0v) is 11.5. The quantitative estimate of drug-likeness (QED) is 0.686. The molecule has 1 aliphatic rings. The van der Waals surface area contributed by atoms with Gasteiger partial charge >= 0.3 is 0 Å². The number of likely N-dealkylation sites (N-methyl/N-ethyl adjacent to an activating group) is 1. The molecule has 1 atom stereocenters. The number of rotatable bonds is 5. The molecule has 3 heteroatoms. The van der Waals surface area contributed by atoms with Crippen LogP contribution in [0.15, 0.2) is 12.2 Å². The summed E-state index contributed by atoms with van der Waals surface area (Å²) in [6.07, 6.45) is 3.75. The maximum atomic E-state index is 12.2. The standard InChI is InChI=1S/C14H26N2O/c1-5-15(10-12(2)3)14(17)11-16-9-7-6-8-13(16)4/h13H,2,5-11H2,1,3-4H3. The van der Waals surface area contributed by atoms with Crippen molar-refractivity contribution in [1.29, 1.82) is 0 Å². The highest BCUT2D eigenvalue weighted by Crippen LogP contribution is 2.16. The van der Waals surface area contributed by atoms with Gasteiger partial charge in [0.05, 0.1) is 6.54 Å². The van der Waals surface area contributed by atoms with Crippen LogP contribution in [-0.2, 0) is 4.79 Å². The first-order chi connectivity index (χ1) is 8.04. The molecule has 1 fully saturated rings. The third-order valence-electron chi connectivity index (χ3n) is 3.47. The van der Waals surface area contributed by atoms with Gasteiger partial charge in [-0.2, -0.15) is 0 Å². The summed E-state index contributed by atoms with van der Waals surface area (Å²) in [5.41, 5.74) is 1.05. The van der Waals surface area contributed by atoms with Crippen LogP contribution in [-0.4, -0.2) is 47.9 Å². The first kappa shape index (κ1) is 14.2. The minimum atomic E-state index is 0.240. The van der Waals surface area contributed by atoms with Crippen LogP contribution in [0, 0.1) is 0 Å². The van der Waals surface area contributed by atoms with E-state index < -0.39 is 0 Å². The fourth-order valence-electron chi connectivity index (χ4n) is 2.37. The molecule has 0 aliphatic carbocycles. The predicted octanol–water partition coefficient (Wildman–Crippen LogP) is 2.29. The number of carbonyl (C=O) groups is 1. The van der Waals surface area contributed by atoms with Crippen molar-refractivity contribution in [2.45, 2.75) is 46.1 Å². The summed E-state index contributed by atoms with van der Waals surface area (Å²) >= 11 is 0. The van der Waals surface area contributed by atoms with E-state index in [0.29, 0.717) is 19.1 Å². The summed E-state index contributed by atoms with van der Waals surface area (Å²) < 4.78 is 0. The van der Waals surface area contributed by atoms with E-state index in [1.165, 1.54) is 19.3 Å². The molecule has 1 heterocycles. The van der Waals surface area contributed by atoms with Gasteiger partial charge < -0.3 is 4.90 Å². The Morgan fingerprint density at radius 1 is 1.47 bits per heavy atom. The fourth-order valence-corrected chi connectivity index (χ4v) is 2.37. The third kappa shape index (κ3) is 4.50. The zero-order chi connectivity index (χ0) is 12.8. The molecule has 1 saturated heterocycles. The number of nitrogens with zero attached hydrogens (tertiary/aromatic N) is 2. The molecule has 1 aliphatic heterocycles. The maximum Gasteiger partial charge on any atom is 0.237 e. The van der Waals surface area contributed by atoms with E-state index in [1.807, 2.05) is 18.7 Å². The highest BCUT2D eigenvalue weighted by molar-refractivity contribution is 5.78. The monoisotopic (exact) mass is 238 g/mol. The van der Waals surface area contributed by atoms with E-state index in [4.69, 9.17) is 0 Å². The van der Waals surface area contributed by atoms with Gasteiger partial charge in [0.1, 0.15) is 0 Å². The van der Waals surface area contributed by atoms with Crippen molar-refractivity contribution in [2.24, 2.45) is 0 Å². The summed E-state index contributed by atoms with van der Waals surface area (Å²) in [7, 11) is 0. The zero-order valence-electron chi connectivity index (χ0n) is 11.5. The summed E-state index contributed by atoms with van der Waals surface area (Å²) in [4.78, 5) is 16.4. The van der Waals surface area contributed by atoms with E-state index >= 15 is 0 Å². The Labute approximate surface area is 105 Å². The number of carbonyl (C=O) groups excluding carboxylic acids is 1. The van der Waals surface area contributed by atoms with Crippen LogP contribution >= 0.6 is 0 Å². The molecule has 0 saturated carbocycles. The van der Waals surface area contributed by atoms with E-state index in [1.54, 1.807) is 0 Å². The molecule has 0 aromatic carbocycles. The lowest BCUT2D eigenvalue weighted by molar-refractivity contribution is -0.132.